The van der Waals surface area contributed by atoms with E-state index in [1.54, 1.807) is 0 Å². The lowest BCUT2D eigenvalue weighted by atomic mass is 9.87. The highest BCUT2D eigenvalue weighted by Crippen LogP contribution is 2.16. The zero-order valence-corrected chi connectivity index (χ0v) is 8.45. The van der Waals surface area contributed by atoms with Crippen molar-refractivity contribution in [2.75, 3.05) is 6.54 Å². The molecule has 0 radical (unpaired) electrons. The first-order chi connectivity index (χ1) is 6.84. The predicted molar refractivity (Wildman–Crippen MR) is 59.1 cm³/mol. The van der Waals surface area contributed by atoms with Crippen LogP contribution >= 0.6 is 0 Å². The third-order valence-electron chi connectivity index (χ3n) is 2.86. The average molecular weight is 190 g/mol. The summed E-state index contributed by atoms with van der Waals surface area (Å²) in [6.45, 7) is 1.07. The minimum atomic E-state index is 0.448. The van der Waals surface area contributed by atoms with Crippen molar-refractivity contribution in [1.82, 2.24) is 5.32 Å². The predicted octanol–water partition coefficient (Wildman–Crippen LogP) is 1.31. The summed E-state index contributed by atoms with van der Waals surface area (Å²) in [6, 6.07) is 11.7. The van der Waals surface area contributed by atoms with Crippen LogP contribution in [0.15, 0.2) is 30.3 Å². The van der Waals surface area contributed by atoms with Crippen molar-refractivity contribution in [2.24, 2.45) is 5.73 Å². The van der Waals surface area contributed by atoms with Gasteiger partial charge in [-0.25, -0.2) is 0 Å². The minimum absolute atomic E-state index is 0.448. The molecule has 1 saturated carbocycles. The van der Waals surface area contributed by atoms with Gasteiger partial charge in [0.15, 0.2) is 0 Å². The van der Waals surface area contributed by atoms with Crippen LogP contribution in [-0.4, -0.2) is 18.6 Å². The molecule has 0 aliphatic heterocycles. The fraction of sp³-hybridized carbons (Fsp3) is 0.500. The summed E-state index contributed by atoms with van der Waals surface area (Å²) >= 11 is 0. The van der Waals surface area contributed by atoms with Crippen LogP contribution in [0.2, 0.25) is 0 Å². The maximum absolute atomic E-state index is 5.71. The summed E-state index contributed by atoms with van der Waals surface area (Å²) in [5.41, 5.74) is 7.12. The summed E-state index contributed by atoms with van der Waals surface area (Å²) in [7, 11) is 0. The molecule has 0 unspecified atom stereocenters. The number of nitrogens with two attached hydrogens (primary N) is 1. The zero-order valence-electron chi connectivity index (χ0n) is 8.45. The average Bonchev–Trinajstić information content (AvgIpc) is 2.17. The van der Waals surface area contributed by atoms with Crippen molar-refractivity contribution in [1.29, 1.82) is 0 Å². The Kier molecular flexibility index (Phi) is 3.17. The number of benzene rings is 1. The van der Waals surface area contributed by atoms with Crippen LogP contribution < -0.4 is 11.1 Å². The number of rotatable bonds is 4. The normalized spacial score (nSPS) is 25.8. The van der Waals surface area contributed by atoms with Crippen LogP contribution in [0.5, 0.6) is 0 Å². The van der Waals surface area contributed by atoms with Gasteiger partial charge in [0, 0.05) is 12.1 Å². The first-order valence-electron chi connectivity index (χ1n) is 5.37. The lowest BCUT2D eigenvalue weighted by Crippen LogP contribution is -2.48. The molecule has 0 aromatic heterocycles. The Labute approximate surface area is 85.5 Å². The van der Waals surface area contributed by atoms with Crippen LogP contribution in [0.25, 0.3) is 0 Å². The Balaban J connectivity index is 1.64. The molecule has 1 fully saturated rings. The van der Waals surface area contributed by atoms with Crippen molar-refractivity contribution >= 4 is 0 Å². The molecule has 1 aliphatic carbocycles. The Morgan fingerprint density at radius 2 is 1.93 bits per heavy atom. The molecule has 76 valence electrons. The van der Waals surface area contributed by atoms with E-state index in [0.29, 0.717) is 12.1 Å². The third-order valence-corrected chi connectivity index (χ3v) is 2.86. The van der Waals surface area contributed by atoms with E-state index in [4.69, 9.17) is 5.73 Å². The van der Waals surface area contributed by atoms with E-state index in [1.165, 1.54) is 5.56 Å². The molecule has 2 nitrogen and oxygen atoms in total. The molecule has 1 aromatic carbocycles. The van der Waals surface area contributed by atoms with E-state index >= 15 is 0 Å². The summed E-state index contributed by atoms with van der Waals surface area (Å²) < 4.78 is 0. The van der Waals surface area contributed by atoms with Crippen molar-refractivity contribution in [3.63, 3.8) is 0 Å². The summed E-state index contributed by atoms with van der Waals surface area (Å²) in [4.78, 5) is 0. The van der Waals surface area contributed by atoms with Crippen LogP contribution in [0.4, 0.5) is 0 Å². The monoisotopic (exact) mass is 190 g/mol. The molecule has 3 N–H and O–H groups in total. The second-order valence-electron chi connectivity index (χ2n) is 4.12. The quantitative estimate of drug-likeness (QED) is 0.751. The van der Waals surface area contributed by atoms with Gasteiger partial charge in [-0.2, -0.15) is 0 Å². The highest BCUT2D eigenvalue weighted by atomic mass is 14.9. The Bertz CT molecular complexity index is 265. The fourth-order valence-electron chi connectivity index (χ4n) is 1.89. The fourth-order valence-corrected chi connectivity index (χ4v) is 1.89. The standard InChI is InChI=1S/C12H18N2/c13-11-8-12(9-11)14-7-6-10-4-2-1-3-5-10/h1-5,11-12,14H,6-9,13H2. The van der Waals surface area contributed by atoms with Crippen molar-refractivity contribution < 1.29 is 0 Å². The van der Waals surface area contributed by atoms with E-state index < -0.39 is 0 Å². The van der Waals surface area contributed by atoms with E-state index in [9.17, 15) is 0 Å². The van der Waals surface area contributed by atoms with Gasteiger partial charge in [0.2, 0.25) is 0 Å². The van der Waals surface area contributed by atoms with E-state index in [1.807, 2.05) is 0 Å². The van der Waals surface area contributed by atoms with Gasteiger partial charge in [-0.05, 0) is 31.4 Å². The number of hydrogen-bond acceptors (Lipinski definition) is 2. The van der Waals surface area contributed by atoms with E-state index in [0.717, 1.165) is 25.8 Å². The highest BCUT2D eigenvalue weighted by molar-refractivity contribution is 5.14. The summed E-state index contributed by atoms with van der Waals surface area (Å²) in [5.74, 6) is 0. The van der Waals surface area contributed by atoms with Crippen molar-refractivity contribution in [3.05, 3.63) is 35.9 Å². The molecule has 0 bridgehead atoms. The van der Waals surface area contributed by atoms with Gasteiger partial charge in [0.25, 0.3) is 0 Å². The molecule has 1 aliphatic rings. The maximum Gasteiger partial charge on any atom is 0.00966 e. The van der Waals surface area contributed by atoms with Gasteiger partial charge < -0.3 is 11.1 Å². The Hall–Kier alpha value is -0.860. The zero-order chi connectivity index (χ0) is 9.80. The first-order valence-corrected chi connectivity index (χ1v) is 5.37. The second-order valence-corrected chi connectivity index (χ2v) is 4.12. The van der Waals surface area contributed by atoms with Crippen LogP contribution in [0, 0.1) is 0 Å². The molecule has 0 saturated heterocycles. The first kappa shape index (κ1) is 9.69. The number of nitrogens with one attached hydrogen (secondary N) is 1. The van der Waals surface area contributed by atoms with Crippen LogP contribution in [0.1, 0.15) is 18.4 Å². The number of hydrogen-bond donors (Lipinski definition) is 2. The second kappa shape index (κ2) is 4.58. The molecule has 0 heterocycles. The molecule has 0 amide bonds. The Morgan fingerprint density at radius 3 is 2.57 bits per heavy atom. The topological polar surface area (TPSA) is 38.0 Å². The van der Waals surface area contributed by atoms with E-state index in [-0.39, 0.29) is 0 Å². The SMILES string of the molecule is NC1CC(NCCc2ccccc2)C1. The Morgan fingerprint density at radius 1 is 1.21 bits per heavy atom. The van der Waals surface area contributed by atoms with Gasteiger partial charge >= 0.3 is 0 Å². The molecule has 0 atom stereocenters. The van der Waals surface area contributed by atoms with E-state index in [2.05, 4.69) is 35.6 Å². The summed E-state index contributed by atoms with van der Waals surface area (Å²) in [6.07, 6.45) is 3.41. The molecular formula is C12H18N2. The van der Waals surface area contributed by atoms with Crippen LogP contribution in [-0.2, 0) is 6.42 Å². The molecule has 2 rings (SSSR count). The summed E-state index contributed by atoms with van der Waals surface area (Å²) in [5, 5.41) is 3.52. The van der Waals surface area contributed by atoms with Gasteiger partial charge in [-0.15, -0.1) is 0 Å². The molecule has 14 heavy (non-hydrogen) atoms. The largest absolute Gasteiger partial charge is 0.328 e. The van der Waals surface area contributed by atoms with Gasteiger partial charge in [0.1, 0.15) is 0 Å². The van der Waals surface area contributed by atoms with Gasteiger partial charge in [-0.3, -0.25) is 0 Å². The smallest absolute Gasteiger partial charge is 0.00966 e. The van der Waals surface area contributed by atoms with Gasteiger partial charge in [-0.1, -0.05) is 30.3 Å². The molecule has 0 spiro atoms. The van der Waals surface area contributed by atoms with Crippen molar-refractivity contribution in [2.45, 2.75) is 31.3 Å². The van der Waals surface area contributed by atoms with Gasteiger partial charge in [0.05, 0.1) is 0 Å². The van der Waals surface area contributed by atoms with Crippen LogP contribution in [0.3, 0.4) is 0 Å². The third kappa shape index (κ3) is 2.56. The lowest BCUT2D eigenvalue weighted by Gasteiger charge is -2.33. The molecule has 2 heteroatoms. The molecule has 1 aromatic rings. The minimum Gasteiger partial charge on any atom is -0.328 e. The van der Waals surface area contributed by atoms with Crippen molar-refractivity contribution in [3.8, 4) is 0 Å². The lowest BCUT2D eigenvalue weighted by molar-refractivity contribution is 0.294. The molecular weight excluding hydrogens is 172 g/mol. The maximum atomic E-state index is 5.71. The highest BCUT2D eigenvalue weighted by Gasteiger charge is 2.24.